The van der Waals surface area contributed by atoms with Gasteiger partial charge in [0.05, 0.1) is 6.10 Å². The fourth-order valence-electron chi connectivity index (χ4n) is 2.05. The maximum atomic E-state index is 10.4. The first kappa shape index (κ1) is 16.6. The number of aliphatic hydroxyl groups is 1. The summed E-state index contributed by atoms with van der Waals surface area (Å²) in [5.74, 6) is 0. The van der Waals surface area contributed by atoms with Gasteiger partial charge in [-0.25, -0.2) is 0 Å². The van der Waals surface area contributed by atoms with Gasteiger partial charge in [-0.15, -0.1) is 0 Å². The van der Waals surface area contributed by atoms with Gasteiger partial charge in [0.1, 0.15) is 6.04 Å². The van der Waals surface area contributed by atoms with Crippen LogP contribution in [0.5, 0.6) is 0 Å². The Balaban J connectivity index is 3.20. The van der Waals surface area contributed by atoms with E-state index in [1.54, 1.807) is 6.92 Å². The zero-order chi connectivity index (χ0) is 12.9. The lowest BCUT2D eigenvalue weighted by Crippen LogP contribution is -2.19. The van der Waals surface area contributed by atoms with Gasteiger partial charge in [-0.3, -0.25) is 0 Å². The molecule has 0 amide bonds. The number of hydrogen-bond acceptors (Lipinski definition) is 3. The summed E-state index contributed by atoms with van der Waals surface area (Å²) in [6, 6.07) is -0.403. The lowest BCUT2D eigenvalue weighted by atomic mass is 10.0. The Hall–Kier alpha value is -0.440. The second kappa shape index (κ2) is 12.0. The summed E-state index contributed by atoms with van der Waals surface area (Å²) in [6.45, 7) is 3.87. The van der Waals surface area contributed by atoms with Gasteiger partial charge < -0.3 is 5.11 Å². The molecule has 0 rings (SSSR count). The predicted octanol–water partition coefficient (Wildman–Crippen LogP) is 4.42. The summed E-state index contributed by atoms with van der Waals surface area (Å²) in [6.07, 6.45) is 11.6. The van der Waals surface area contributed by atoms with E-state index in [4.69, 9.17) is 0 Å². The Morgan fingerprint density at radius 2 is 1.41 bits per heavy atom. The van der Waals surface area contributed by atoms with Crippen LogP contribution in [-0.2, 0) is 0 Å². The van der Waals surface area contributed by atoms with Crippen LogP contribution >= 0.6 is 0 Å². The lowest BCUT2D eigenvalue weighted by molar-refractivity contribution is 0.158. The minimum atomic E-state index is -0.596. The fourth-order valence-corrected chi connectivity index (χ4v) is 2.05. The standard InChI is InChI=1S/C14H29NO2/c1-3-4-5-6-7-8-9-10-11-12-14(15-17)13(2)16/h13-14,16H,3-12H2,1-2H3. The minimum absolute atomic E-state index is 0.403. The Bertz CT molecular complexity index is 172. The molecule has 2 atom stereocenters. The van der Waals surface area contributed by atoms with Crippen molar-refractivity contribution in [3.8, 4) is 0 Å². The van der Waals surface area contributed by atoms with Gasteiger partial charge in [-0.1, -0.05) is 69.9 Å². The van der Waals surface area contributed by atoms with Gasteiger partial charge >= 0.3 is 0 Å². The SMILES string of the molecule is CCCCCCCCCCCC(N=O)C(C)O. The Morgan fingerprint density at radius 1 is 0.941 bits per heavy atom. The van der Waals surface area contributed by atoms with E-state index in [0.29, 0.717) is 0 Å². The third kappa shape index (κ3) is 10.4. The summed E-state index contributed by atoms with van der Waals surface area (Å²) >= 11 is 0. The molecule has 2 unspecified atom stereocenters. The summed E-state index contributed by atoms with van der Waals surface area (Å²) in [5.41, 5.74) is 0. The topological polar surface area (TPSA) is 49.7 Å². The summed E-state index contributed by atoms with van der Waals surface area (Å²) in [4.78, 5) is 10.4. The molecular formula is C14H29NO2. The molecule has 0 aromatic rings. The average Bonchev–Trinajstić information content (AvgIpc) is 2.31. The smallest absolute Gasteiger partial charge is 0.117 e. The molecule has 1 N–H and O–H groups in total. The van der Waals surface area contributed by atoms with E-state index in [2.05, 4.69) is 12.1 Å². The number of hydrogen-bond donors (Lipinski definition) is 1. The molecule has 0 saturated heterocycles. The maximum absolute atomic E-state index is 10.4. The van der Waals surface area contributed by atoms with E-state index in [1.807, 2.05) is 0 Å². The predicted molar refractivity (Wildman–Crippen MR) is 73.1 cm³/mol. The Labute approximate surface area is 106 Å². The highest BCUT2D eigenvalue weighted by atomic mass is 16.3. The molecule has 0 aliphatic heterocycles. The molecule has 0 aromatic carbocycles. The second-order valence-electron chi connectivity index (χ2n) is 5.03. The van der Waals surface area contributed by atoms with Gasteiger partial charge in [0.2, 0.25) is 0 Å². The van der Waals surface area contributed by atoms with Crippen LogP contribution in [0.15, 0.2) is 5.18 Å². The molecule has 0 aromatic heterocycles. The highest BCUT2D eigenvalue weighted by Gasteiger charge is 2.13. The van der Waals surface area contributed by atoms with Gasteiger partial charge in [0.25, 0.3) is 0 Å². The van der Waals surface area contributed by atoms with E-state index in [9.17, 15) is 10.0 Å². The van der Waals surface area contributed by atoms with Crippen LogP contribution in [0.25, 0.3) is 0 Å². The first-order chi connectivity index (χ1) is 8.22. The summed E-state index contributed by atoms with van der Waals surface area (Å²) in [7, 11) is 0. The highest BCUT2D eigenvalue weighted by Crippen LogP contribution is 2.13. The van der Waals surface area contributed by atoms with Crippen molar-refractivity contribution in [2.75, 3.05) is 0 Å². The molecule has 0 heterocycles. The quantitative estimate of drug-likeness (QED) is 0.407. The number of unbranched alkanes of at least 4 members (excludes halogenated alkanes) is 8. The zero-order valence-electron chi connectivity index (χ0n) is 11.5. The molecule has 0 aliphatic rings. The Kier molecular flexibility index (Phi) is 11.7. The van der Waals surface area contributed by atoms with E-state index in [0.717, 1.165) is 19.3 Å². The molecule has 3 heteroatoms. The maximum Gasteiger partial charge on any atom is 0.117 e. The minimum Gasteiger partial charge on any atom is -0.391 e. The molecule has 0 fully saturated rings. The van der Waals surface area contributed by atoms with Crippen molar-refractivity contribution in [1.82, 2.24) is 0 Å². The van der Waals surface area contributed by atoms with Crippen molar-refractivity contribution in [2.45, 2.75) is 90.2 Å². The molecule has 102 valence electrons. The van der Waals surface area contributed by atoms with E-state index < -0.39 is 12.1 Å². The first-order valence-electron chi connectivity index (χ1n) is 7.23. The van der Waals surface area contributed by atoms with Crippen LogP contribution < -0.4 is 0 Å². The lowest BCUT2D eigenvalue weighted by Gasteiger charge is -2.11. The third-order valence-electron chi connectivity index (χ3n) is 3.30. The van der Waals surface area contributed by atoms with Gasteiger partial charge in [-0.2, -0.15) is 4.91 Å². The molecule has 0 spiro atoms. The normalized spacial score (nSPS) is 14.5. The molecule has 3 nitrogen and oxygen atoms in total. The van der Waals surface area contributed by atoms with Crippen LogP contribution in [-0.4, -0.2) is 17.3 Å². The monoisotopic (exact) mass is 243 g/mol. The van der Waals surface area contributed by atoms with E-state index >= 15 is 0 Å². The molecule has 0 aliphatic carbocycles. The molecule has 0 saturated carbocycles. The number of aliphatic hydroxyl groups excluding tert-OH is 1. The number of rotatable bonds is 12. The molecule has 0 bridgehead atoms. The van der Waals surface area contributed by atoms with Crippen molar-refractivity contribution < 1.29 is 5.11 Å². The third-order valence-corrected chi connectivity index (χ3v) is 3.30. The van der Waals surface area contributed by atoms with Gasteiger partial charge in [0.15, 0.2) is 0 Å². The van der Waals surface area contributed by atoms with Crippen LogP contribution in [0.3, 0.4) is 0 Å². The number of nitroso groups, excluding NO2 is 1. The van der Waals surface area contributed by atoms with Crippen LogP contribution in [0.1, 0.15) is 78.1 Å². The second-order valence-corrected chi connectivity index (χ2v) is 5.03. The van der Waals surface area contributed by atoms with Crippen molar-refractivity contribution >= 4 is 0 Å². The zero-order valence-corrected chi connectivity index (χ0v) is 11.5. The summed E-state index contributed by atoms with van der Waals surface area (Å²) < 4.78 is 0. The van der Waals surface area contributed by atoms with Crippen molar-refractivity contribution in [3.63, 3.8) is 0 Å². The van der Waals surface area contributed by atoms with Crippen molar-refractivity contribution in [1.29, 1.82) is 0 Å². The molecule has 0 radical (unpaired) electrons. The van der Waals surface area contributed by atoms with Crippen molar-refractivity contribution in [3.05, 3.63) is 4.91 Å². The van der Waals surface area contributed by atoms with E-state index in [1.165, 1.54) is 44.9 Å². The van der Waals surface area contributed by atoms with Crippen LogP contribution in [0.4, 0.5) is 0 Å². The van der Waals surface area contributed by atoms with Gasteiger partial charge in [0, 0.05) is 0 Å². The largest absolute Gasteiger partial charge is 0.391 e. The highest BCUT2D eigenvalue weighted by molar-refractivity contribution is 4.71. The van der Waals surface area contributed by atoms with E-state index in [-0.39, 0.29) is 0 Å². The molecular weight excluding hydrogens is 214 g/mol. The van der Waals surface area contributed by atoms with Crippen molar-refractivity contribution in [2.24, 2.45) is 5.18 Å². The molecule has 17 heavy (non-hydrogen) atoms. The number of nitrogens with zero attached hydrogens (tertiary/aromatic N) is 1. The van der Waals surface area contributed by atoms with Crippen LogP contribution in [0.2, 0.25) is 0 Å². The fraction of sp³-hybridized carbons (Fsp3) is 1.00. The van der Waals surface area contributed by atoms with Gasteiger partial charge in [-0.05, 0) is 13.3 Å². The average molecular weight is 243 g/mol. The summed E-state index contributed by atoms with van der Waals surface area (Å²) in [5, 5.41) is 12.2. The first-order valence-corrected chi connectivity index (χ1v) is 7.23. The van der Waals surface area contributed by atoms with Crippen LogP contribution in [0, 0.1) is 4.91 Å². The Morgan fingerprint density at radius 3 is 1.82 bits per heavy atom.